The van der Waals surface area contributed by atoms with Crippen LogP contribution in [0.2, 0.25) is 0 Å². The second-order valence-electron chi connectivity index (χ2n) is 1.92. The van der Waals surface area contributed by atoms with Crippen molar-refractivity contribution in [3.63, 3.8) is 0 Å². The minimum absolute atomic E-state index is 0.792. The van der Waals surface area contributed by atoms with E-state index in [1.54, 1.807) is 18.5 Å². The van der Waals surface area contributed by atoms with E-state index in [-0.39, 0.29) is 0 Å². The largest absolute Gasteiger partial charge is 0.261 e. The molecule has 0 unspecified atom stereocenters. The van der Waals surface area contributed by atoms with Crippen LogP contribution in [-0.2, 0) is 0 Å². The van der Waals surface area contributed by atoms with Crippen LogP contribution in [0.4, 0.5) is 5.82 Å². The molecule has 0 aliphatic heterocycles. The molecule has 0 aliphatic carbocycles. The lowest BCUT2D eigenvalue weighted by Crippen LogP contribution is -1.68. The molecule has 1 heterocycles. The van der Waals surface area contributed by atoms with E-state index in [2.05, 4.69) is 21.8 Å². The number of nitrogens with one attached hydrogen (secondary N) is 1. The van der Waals surface area contributed by atoms with Crippen LogP contribution < -0.4 is 0 Å². The third-order valence-corrected chi connectivity index (χ3v) is 1.11. The molecule has 0 saturated heterocycles. The van der Waals surface area contributed by atoms with Crippen LogP contribution in [0.5, 0.6) is 0 Å². The molecule has 1 rings (SSSR count). The van der Waals surface area contributed by atoms with Gasteiger partial charge in [-0.2, -0.15) is 5.10 Å². The van der Waals surface area contributed by atoms with E-state index >= 15 is 0 Å². The van der Waals surface area contributed by atoms with Gasteiger partial charge in [0.25, 0.3) is 0 Å². The molecular weight excluding hydrogens is 126 g/mol. The van der Waals surface area contributed by atoms with Crippen molar-refractivity contribution < 1.29 is 0 Å². The average Bonchev–Trinajstić information content (AvgIpc) is 2.31. The van der Waals surface area contributed by atoms with Crippen LogP contribution in [0.1, 0.15) is 5.56 Å². The summed E-state index contributed by atoms with van der Waals surface area (Å²) < 4.78 is 0. The first-order chi connectivity index (χ1) is 4.84. The van der Waals surface area contributed by atoms with Gasteiger partial charge in [-0.05, 0) is 6.92 Å². The van der Waals surface area contributed by atoms with Gasteiger partial charge >= 0.3 is 0 Å². The first kappa shape index (κ1) is 6.74. The molecule has 1 aromatic heterocycles. The normalized spacial score (nSPS) is 10.5. The lowest BCUT2D eigenvalue weighted by atomic mass is 10.4. The van der Waals surface area contributed by atoms with Crippen LogP contribution in [0.3, 0.4) is 0 Å². The summed E-state index contributed by atoms with van der Waals surface area (Å²) in [6.45, 7) is 5.45. The Balaban J connectivity index is 2.83. The molecular formula is C7H9N3. The number of hydrogen-bond acceptors (Lipinski definition) is 2. The molecule has 0 radical (unpaired) electrons. The highest BCUT2D eigenvalue weighted by Crippen LogP contribution is 2.10. The van der Waals surface area contributed by atoms with Gasteiger partial charge < -0.3 is 0 Å². The fraction of sp³-hybridized carbons (Fsp3) is 0.143. The number of aromatic nitrogens is 2. The molecule has 3 heteroatoms. The van der Waals surface area contributed by atoms with Crippen molar-refractivity contribution >= 4 is 12.0 Å². The smallest absolute Gasteiger partial charge is 0.150 e. The Morgan fingerprint density at radius 3 is 3.10 bits per heavy atom. The Kier molecular flexibility index (Phi) is 1.99. The van der Waals surface area contributed by atoms with Gasteiger partial charge in [0.1, 0.15) is 0 Å². The molecule has 1 aromatic rings. The van der Waals surface area contributed by atoms with Crippen LogP contribution in [-0.4, -0.2) is 16.4 Å². The van der Waals surface area contributed by atoms with Crippen LogP contribution in [0.15, 0.2) is 23.8 Å². The lowest BCUT2D eigenvalue weighted by Gasteiger charge is -1.84. The minimum Gasteiger partial charge on any atom is -0.261 e. The third kappa shape index (κ3) is 1.31. The topological polar surface area (TPSA) is 41.0 Å². The number of H-pyrrole nitrogens is 1. The van der Waals surface area contributed by atoms with Crippen LogP contribution in [0, 0.1) is 6.92 Å². The Labute approximate surface area is 59.5 Å². The molecule has 52 valence electrons. The summed E-state index contributed by atoms with van der Waals surface area (Å²) in [4.78, 5) is 4.02. The fourth-order valence-corrected chi connectivity index (χ4v) is 0.597. The molecule has 0 aliphatic rings. The average molecular weight is 135 g/mol. The second-order valence-corrected chi connectivity index (χ2v) is 1.92. The number of allylic oxidation sites excluding steroid dienone is 1. The van der Waals surface area contributed by atoms with E-state index in [0.29, 0.717) is 0 Å². The Morgan fingerprint density at radius 2 is 2.60 bits per heavy atom. The molecule has 0 spiro atoms. The van der Waals surface area contributed by atoms with Gasteiger partial charge in [0.15, 0.2) is 5.82 Å². The summed E-state index contributed by atoms with van der Waals surface area (Å²) >= 11 is 0. The second kappa shape index (κ2) is 2.96. The maximum Gasteiger partial charge on any atom is 0.150 e. The molecule has 10 heavy (non-hydrogen) atoms. The van der Waals surface area contributed by atoms with Gasteiger partial charge in [-0.1, -0.05) is 12.7 Å². The summed E-state index contributed by atoms with van der Waals surface area (Å²) in [6.07, 6.45) is 4.98. The van der Waals surface area contributed by atoms with Crippen molar-refractivity contribution in [3.8, 4) is 0 Å². The number of aromatic amines is 1. The van der Waals surface area contributed by atoms with Gasteiger partial charge in [-0.15, -0.1) is 0 Å². The molecule has 0 atom stereocenters. The zero-order chi connectivity index (χ0) is 7.40. The third-order valence-electron chi connectivity index (χ3n) is 1.11. The van der Waals surface area contributed by atoms with E-state index in [1.807, 2.05) is 6.92 Å². The molecule has 0 aromatic carbocycles. The molecule has 0 bridgehead atoms. The van der Waals surface area contributed by atoms with Gasteiger partial charge in [0, 0.05) is 11.8 Å². The van der Waals surface area contributed by atoms with Crippen molar-refractivity contribution in [1.29, 1.82) is 0 Å². The first-order valence-corrected chi connectivity index (χ1v) is 2.99. The monoisotopic (exact) mass is 135 g/mol. The predicted octanol–water partition coefficient (Wildman–Crippen LogP) is 1.61. The van der Waals surface area contributed by atoms with Gasteiger partial charge in [-0.25, -0.2) is 4.99 Å². The highest BCUT2D eigenvalue weighted by atomic mass is 15.2. The fourth-order valence-electron chi connectivity index (χ4n) is 0.597. The first-order valence-electron chi connectivity index (χ1n) is 2.99. The van der Waals surface area contributed by atoms with E-state index < -0.39 is 0 Å². The van der Waals surface area contributed by atoms with E-state index in [4.69, 9.17) is 0 Å². The zero-order valence-electron chi connectivity index (χ0n) is 5.83. The summed E-state index contributed by atoms with van der Waals surface area (Å²) in [5.41, 5.74) is 1.04. The molecule has 0 amide bonds. The maximum absolute atomic E-state index is 4.02. The summed E-state index contributed by atoms with van der Waals surface area (Å²) in [5, 5.41) is 6.55. The van der Waals surface area contributed by atoms with Crippen molar-refractivity contribution in [2.24, 2.45) is 4.99 Å². The Bertz CT molecular complexity index is 247. The van der Waals surface area contributed by atoms with Crippen LogP contribution >= 0.6 is 0 Å². The standard InChI is InChI=1S/C7H9N3/c1-3-4-8-7-6(2)5-9-10-7/h3-5H,1H2,2H3,(H,9,10)/b8-4-. The van der Waals surface area contributed by atoms with E-state index in [0.717, 1.165) is 11.4 Å². The van der Waals surface area contributed by atoms with Crippen molar-refractivity contribution in [1.82, 2.24) is 10.2 Å². The van der Waals surface area contributed by atoms with E-state index in [9.17, 15) is 0 Å². The van der Waals surface area contributed by atoms with Crippen molar-refractivity contribution in [3.05, 3.63) is 24.4 Å². The van der Waals surface area contributed by atoms with Gasteiger partial charge in [0.2, 0.25) is 0 Å². The zero-order valence-corrected chi connectivity index (χ0v) is 5.83. The molecule has 1 N–H and O–H groups in total. The number of hydrogen-bond donors (Lipinski definition) is 1. The summed E-state index contributed by atoms with van der Waals surface area (Å²) in [6, 6.07) is 0. The lowest BCUT2D eigenvalue weighted by molar-refractivity contribution is 1.08. The molecule has 0 saturated carbocycles. The molecule has 0 fully saturated rings. The Morgan fingerprint density at radius 1 is 1.80 bits per heavy atom. The van der Waals surface area contributed by atoms with Crippen LogP contribution in [0.25, 0.3) is 0 Å². The highest BCUT2D eigenvalue weighted by molar-refractivity contribution is 5.73. The van der Waals surface area contributed by atoms with Gasteiger partial charge in [-0.3, -0.25) is 5.10 Å². The van der Waals surface area contributed by atoms with Crippen molar-refractivity contribution in [2.75, 3.05) is 0 Å². The summed E-state index contributed by atoms with van der Waals surface area (Å²) in [7, 11) is 0. The maximum atomic E-state index is 4.02. The number of nitrogens with zero attached hydrogens (tertiary/aromatic N) is 2. The quantitative estimate of drug-likeness (QED) is 0.615. The SMILES string of the molecule is C=C/C=N\c1[nH]ncc1C. The number of aliphatic imine (C=N–C) groups is 1. The highest BCUT2D eigenvalue weighted by Gasteiger charge is 1.93. The number of aryl methyl sites for hydroxylation is 1. The predicted molar refractivity (Wildman–Crippen MR) is 41.7 cm³/mol. The summed E-state index contributed by atoms with van der Waals surface area (Å²) in [5.74, 6) is 0.792. The minimum atomic E-state index is 0.792. The van der Waals surface area contributed by atoms with E-state index in [1.165, 1.54) is 0 Å². The Hall–Kier alpha value is -1.38. The molecule has 3 nitrogen and oxygen atoms in total. The van der Waals surface area contributed by atoms with Gasteiger partial charge in [0.05, 0.1) is 6.20 Å². The number of rotatable bonds is 2. The van der Waals surface area contributed by atoms with Crippen molar-refractivity contribution in [2.45, 2.75) is 6.92 Å².